The molecular weight excluding hydrogens is 412 g/mol. The molecule has 0 amide bonds. The maximum Gasteiger partial charge on any atom is 0.335 e. The largest absolute Gasteiger partial charge is 0.478 e. The first-order chi connectivity index (χ1) is 15.4. The van der Waals surface area contributed by atoms with Crippen LogP contribution in [0.25, 0.3) is 11.1 Å². The molecule has 0 radical (unpaired) electrons. The van der Waals surface area contributed by atoms with Gasteiger partial charge in [0.15, 0.2) is 0 Å². The third-order valence-corrected chi connectivity index (χ3v) is 6.67. The number of carbonyl (C=O) groups is 2. The number of aromatic carboxylic acids is 1. The van der Waals surface area contributed by atoms with Crippen LogP contribution in [0.2, 0.25) is 0 Å². The number of carboxylic acid groups (broad SMARTS) is 2. The molecule has 0 aliphatic heterocycles. The highest BCUT2D eigenvalue weighted by molar-refractivity contribution is 5.91. The maximum atomic E-state index is 11.4. The smallest absolute Gasteiger partial charge is 0.335 e. The van der Waals surface area contributed by atoms with Gasteiger partial charge < -0.3 is 10.2 Å². The molecular formula is C29H32O4. The van der Waals surface area contributed by atoms with Crippen molar-refractivity contribution in [3.05, 3.63) is 94.6 Å². The van der Waals surface area contributed by atoms with Crippen molar-refractivity contribution in [2.75, 3.05) is 0 Å². The molecule has 0 unspecified atom stereocenters. The van der Waals surface area contributed by atoms with Gasteiger partial charge in [0.1, 0.15) is 0 Å². The molecule has 0 heterocycles. The Morgan fingerprint density at radius 3 is 2.06 bits per heavy atom. The third kappa shape index (κ3) is 5.51. The first-order valence-electron chi connectivity index (χ1n) is 11.2. The molecule has 0 fully saturated rings. The Morgan fingerprint density at radius 2 is 1.42 bits per heavy atom. The summed E-state index contributed by atoms with van der Waals surface area (Å²) in [6, 6.07) is 13.2. The molecule has 4 heteroatoms. The molecule has 4 nitrogen and oxygen atoms in total. The number of hydrogen-bond acceptors (Lipinski definition) is 2. The maximum absolute atomic E-state index is 11.4. The van der Waals surface area contributed by atoms with Gasteiger partial charge in [0.25, 0.3) is 0 Å². The number of fused-ring (bicyclic) bond motifs is 1. The summed E-state index contributed by atoms with van der Waals surface area (Å²) in [5.41, 5.74) is 6.65. The quantitative estimate of drug-likeness (QED) is 0.377. The topological polar surface area (TPSA) is 74.6 Å². The van der Waals surface area contributed by atoms with Crippen molar-refractivity contribution in [3.8, 4) is 0 Å². The van der Waals surface area contributed by atoms with Gasteiger partial charge in [0, 0.05) is 6.08 Å². The number of aliphatic carboxylic acids is 1. The predicted molar refractivity (Wildman–Crippen MR) is 134 cm³/mol. The molecule has 33 heavy (non-hydrogen) atoms. The molecule has 0 saturated carbocycles. The van der Waals surface area contributed by atoms with Crippen LogP contribution in [0.3, 0.4) is 0 Å². The van der Waals surface area contributed by atoms with Crippen molar-refractivity contribution >= 4 is 23.1 Å². The molecule has 0 atom stereocenters. The van der Waals surface area contributed by atoms with Gasteiger partial charge in [-0.1, -0.05) is 70.2 Å². The Morgan fingerprint density at radius 1 is 0.788 bits per heavy atom. The lowest BCUT2D eigenvalue weighted by Gasteiger charge is -2.42. The van der Waals surface area contributed by atoms with E-state index in [2.05, 4.69) is 45.9 Å². The number of rotatable bonds is 6. The zero-order valence-electron chi connectivity index (χ0n) is 20.0. The second kappa shape index (κ2) is 9.22. The molecule has 0 bridgehead atoms. The van der Waals surface area contributed by atoms with Gasteiger partial charge in [0.05, 0.1) is 5.56 Å². The minimum absolute atomic E-state index is 0.115. The Labute approximate surface area is 196 Å². The first-order valence-corrected chi connectivity index (χ1v) is 11.2. The lowest BCUT2D eigenvalue weighted by molar-refractivity contribution is -0.131. The van der Waals surface area contributed by atoms with E-state index < -0.39 is 11.9 Å². The van der Waals surface area contributed by atoms with E-state index in [1.54, 1.807) is 18.2 Å². The monoisotopic (exact) mass is 444 g/mol. The Bertz CT molecular complexity index is 1180. The van der Waals surface area contributed by atoms with E-state index in [9.17, 15) is 14.7 Å². The van der Waals surface area contributed by atoms with Crippen LogP contribution in [0.5, 0.6) is 0 Å². The van der Waals surface area contributed by atoms with Crippen LogP contribution in [0, 0.1) is 0 Å². The Kier molecular flexibility index (Phi) is 6.78. The van der Waals surface area contributed by atoms with Crippen molar-refractivity contribution in [1.29, 1.82) is 0 Å². The molecule has 2 aromatic rings. The van der Waals surface area contributed by atoms with E-state index in [0.717, 1.165) is 23.6 Å². The van der Waals surface area contributed by atoms with Gasteiger partial charge in [-0.05, 0) is 82.2 Å². The van der Waals surface area contributed by atoms with Crippen molar-refractivity contribution in [2.45, 2.75) is 58.3 Å². The van der Waals surface area contributed by atoms with E-state index in [1.807, 2.05) is 19.1 Å². The molecule has 0 spiro atoms. The van der Waals surface area contributed by atoms with Crippen molar-refractivity contribution in [3.63, 3.8) is 0 Å². The summed E-state index contributed by atoms with van der Waals surface area (Å²) >= 11 is 0. The minimum Gasteiger partial charge on any atom is -0.478 e. The van der Waals surface area contributed by atoms with E-state index in [1.165, 1.54) is 29.7 Å². The highest BCUT2D eigenvalue weighted by Gasteiger charge is 2.36. The first kappa shape index (κ1) is 24.2. The molecule has 1 aliphatic rings. The van der Waals surface area contributed by atoms with Crippen LogP contribution in [-0.2, 0) is 15.6 Å². The summed E-state index contributed by atoms with van der Waals surface area (Å²) in [5.74, 6) is -2.08. The number of allylic oxidation sites excluding steroid dienone is 5. The average molecular weight is 445 g/mol. The van der Waals surface area contributed by atoms with E-state index in [4.69, 9.17) is 5.11 Å². The summed E-state index contributed by atoms with van der Waals surface area (Å²) in [7, 11) is 0. The SMILES string of the molecule is CC(=CC=C(C=CC(=O)O)c1cccc(C(=O)O)c1)c1ccc2c(c1)C(C)(C)CCC2(C)C. The number of hydrogen-bond donors (Lipinski definition) is 2. The molecule has 0 saturated heterocycles. The molecule has 2 aromatic carbocycles. The van der Waals surface area contributed by atoms with Crippen LogP contribution in [0.4, 0.5) is 0 Å². The van der Waals surface area contributed by atoms with Gasteiger partial charge in [0.2, 0.25) is 0 Å². The van der Waals surface area contributed by atoms with Crippen LogP contribution in [0.15, 0.2) is 66.8 Å². The fraction of sp³-hybridized carbons (Fsp3) is 0.310. The van der Waals surface area contributed by atoms with E-state index in [-0.39, 0.29) is 16.4 Å². The number of carboxylic acids is 2. The second-order valence-electron chi connectivity index (χ2n) is 10.1. The van der Waals surface area contributed by atoms with Crippen molar-refractivity contribution < 1.29 is 19.8 Å². The van der Waals surface area contributed by atoms with Crippen LogP contribution in [-0.4, -0.2) is 22.2 Å². The standard InChI is InChI=1S/C29H32O4/c1-19(21-11-13-24-25(18-21)29(4,5)16-15-28(24,2)3)9-10-20(12-14-26(30)31)22-7-6-8-23(17-22)27(32)33/h6-14,17-18H,15-16H2,1-5H3,(H,30,31)(H,32,33). The number of benzene rings is 2. The fourth-order valence-corrected chi connectivity index (χ4v) is 4.39. The Balaban J connectivity index is 2.04. The van der Waals surface area contributed by atoms with Gasteiger partial charge in [-0.15, -0.1) is 0 Å². The zero-order valence-corrected chi connectivity index (χ0v) is 20.0. The average Bonchev–Trinajstić information content (AvgIpc) is 2.76. The summed E-state index contributed by atoms with van der Waals surface area (Å²) in [4.78, 5) is 22.5. The van der Waals surface area contributed by atoms with Crippen molar-refractivity contribution in [2.24, 2.45) is 0 Å². The molecule has 3 rings (SSSR count). The highest BCUT2D eigenvalue weighted by Crippen LogP contribution is 2.46. The van der Waals surface area contributed by atoms with Crippen LogP contribution in [0.1, 0.15) is 80.1 Å². The van der Waals surface area contributed by atoms with Gasteiger partial charge in [-0.2, -0.15) is 0 Å². The minimum atomic E-state index is -1.06. The summed E-state index contributed by atoms with van der Waals surface area (Å²) in [5, 5.41) is 18.4. The molecule has 1 aliphatic carbocycles. The summed E-state index contributed by atoms with van der Waals surface area (Å²) in [6.45, 7) is 11.2. The summed E-state index contributed by atoms with van der Waals surface area (Å²) in [6.07, 6.45) is 8.65. The van der Waals surface area contributed by atoms with Gasteiger partial charge >= 0.3 is 11.9 Å². The van der Waals surface area contributed by atoms with E-state index >= 15 is 0 Å². The predicted octanol–water partition coefficient (Wildman–Crippen LogP) is 6.86. The van der Waals surface area contributed by atoms with Gasteiger partial charge in [-0.25, -0.2) is 9.59 Å². The van der Waals surface area contributed by atoms with E-state index in [0.29, 0.717) is 11.1 Å². The van der Waals surface area contributed by atoms with Crippen LogP contribution < -0.4 is 0 Å². The van der Waals surface area contributed by atoms with Crippen molar-refractivity contribution in [1.82, 2.24) is 0 Å². The highest BCUT2D eigenvalue weighted by atomic mass is 16.4. The zero-order chi connectivity index (χ0) is 24.4. The Hall–Kier alpha value is -3.40. The normalized spacial score (nSPS) is 17.6. The second-order valence-corrected chi connectivity index (χ2v) is 10.1. The fourth-order valence-electron chi connectivity index (χ4n) is 4.39. The van der Waals surface area contributed by atoms with Gasteiger partial charge in [-0.3, -0.25) is 0 Å². The lowest BCUT2D eigenvalue weighted by atomic mass is 9.63. The van der Waals surface area contributed by atoms with Crippen LogP contribution >= 0.6 is 0 Å². The lowest BCUT2D eigenvalue weighted by Crippen LogP contribution is -2.33. The summed E-state index contributed by atoms with van der Waals surface area (Å²) < 4.78 is 0. The molecule has 2 N–H and O–H groups in total. The third-order valence-electron chi connectivity index (χ3n) is 6.67. The molecule has 172 valence electrons. The molecule has 0 aromatic heterocycles.